The van der Waals surface area contributed by atoms with Gasteiger partial charge in [0.25, 0.3) is 11.6 Å². The number of carbonyl (C=O) groups excluding carboxylic acids is 2. The highest BCUT2D eigenvalue weighted by molar-refractivity contribution is 6.24. The van der Waals surface area contributed by atoms with Crippen LogP contribution in [0.25, 0.3) is 0 Å². The minimum atomic E-state index is -0.518. The third-order valence-electron chi connectivity index (χ3n) is 5.87. The molecule has 8 nitrogen and oxygen atoms in total. The smallest absolute Gasteiger partial charge is 0.269 e. The molecule has 2 amide bonds. The number of fused-ring (bicyclic) bond motifs is 3. The number of benzene rings is 2. The molecule has 0 radical (unpaired) electrons. The molecule has 2 aromatic rings. The van der Waals surface area contributed by atoms with Crippen molar-refractivity contribution in [1.82, 2.24) is 10.0 Å². The van der Waals surface area contributed by atoms with Gasteiger partial charge >= 0.3 is 0 Å². The number of hydrazine groups is 1. The SMILES string of the molecule is O=C1[C@H]2[C@@H](C(=O)N1c1ccc([N+](=O)[O-])cc1)N1CCCN1[C@H]2c1ccccc1. The summed E-state index contributed by atoms with van der Waals surface area (Å²) in [5, 5.41) is 15.1. The van der Waals surface area contributed by atoms with Crippen LogP contribution in [-0.2, 0) is 9.59 Å². The molecule has 28 heavy (non-hydrogen) atoms. The van der Waals surface area contributed by atoms with Gasteiger partial charge in [0.15, 0.2) is 0 Å². The fourth-order valence-corrected chi connectivity index (χ4v) is 4.74. The molecule has 0 saturated carbocycles. The lowest BCUT2D eigenvalue weighted by molar-refractivity contribution is -0.384. The Morgan fingerprint density at radius 2 is 1.50 bits per heavy atom. The molecule has 0 aliphatic carbocycles. The van der Waals surface area contributed by atoms with Crippen molar-refractivity contribution in [3.63, 3.8) is 0 Å². The molecular formula is C20H18N4O4. The van der Waals surface area contributed by atoms with Gasteiger partial charge in [-0.25, -0.2) is 14.9 Å². The number of carbonyl (C=O) groups is 2. The number of hydrogen-bond donors (Lipinski definition) is 0. The molecule has 0 spiro atoms. The Labute approximate surface area is 161 Å². The Hall–Kier alpha value is -3.10. The predicted molar refractivity (Wildman–Crippen MR) is 100 cm³/mol. The van der Waals surface area contributed by atoms with E-state index in [2.05, 4.69) is 5.01 Å². The van der Waals surface area contributed by atoms with Crippen LogP contribution in [0.1, 0.15) is 18.0 Å². The number of nitrogens with zero attached hydrogens (tertiary/aromatic N) is 4. The largest absolute Gasteiger partial charge is 0.274 e. The summed E-state index contributed by atoms with van der Waals surface area (Å²) in [6.45, 7) is 1.57. The van der Waals surface area contributed by atoms with Crippen LogP contribution in [0.15, 0.2) is 54.6 Å². The molecule has 5 rings (SSSR count). The maximum Gasteiger partial charge on any atom is 0.269 e. The van der Waals surface area contributed by atoms with E-state index < -0.39 is 16.9 Å². The number of non-ortho nitro benzene ring substituents is 1. The number of hydrogen-bond acceptors (Lipinski definition) is 6. The highest BCUT2D eigenvalue weighted by Crippen LogP contribution is 2.48. The van der Waals surface area contributed by atoms with E-state index in [-0.39, 0.29) is 23.5 Å². The third-order valence-corrected chi connectivity index (χ3v) is 5.87. The van der Waals surface area contributed by atoms with Gasteiger partial charge in [0, 0.05) is 25.2 Å². The Morgan fingerprint density at radius 1 is 0.857 bits per heavy atom. The summed E-state index contributed by atoms with van der Waals surface area (Å²) in [4.78, 5) is 38.2. The predicted octanol–water partition coefficient (Wildman–Crippen LogP) is 2.13. The minimum absolute atomic E-state index is 0.0732. The van der Waals surface area contributed by atoms with Crippen molar-refractivity contribution >= 4 is 23.2 Å². The Morgan fingerprint density at radius 3 is 2.14 bits per heavy atom. The van der Waals surface area contributed by atoms with Gasteiger partial charge in [-0.1, -0.05) is 30.3 Å². The molecule has 0 N–H and O–H groups in total. The van der Waals surface area contributed by atoms with Crippen LogP contribution >= 0.6 is 0 Å². The van der Waals surface area contributed by atoms with Crippen molar-refractivity contribution < 1.29 is 14.5 Å². The van der Waals surface area contributed by atoms with Crippen molar-refractivity contribution in [3.05, 3.63) is 70.3 Å². The monoisotopic (exact) mass is 378 g/mol. The summed E-state index contributed by atoms with van der Waals surface area (Å²) in [7, 11) is 0. The fourth-order valence-electron chi connectivity index (χ4n) is 4.74. The summed E-state index contributed by atoms with van der Waals surface area (Å²) in [6, 6.07) is 14.7. The van der Waals surface area contributed by atoms with E-state index in [0.29, 0.717) is 5.69 Å². The molecule has 3 saturated heterocycles. The molecule has 142 valence electrons. The van der Waals surface area contributed by atoms with Crippen LogP contribution in [0.2, 0.25) is 0 Å². The molecule has 2 aromatic carbocycles. The number of rotatable bonds is 3. The topological polar surface area (TPSA) is 87.0 Å². The van der Waals surface area contributed by atoms with E-state index in [9.17, 15) is 19.7 Å². The molecule has 3 aliphatic rings. The Balaban J connectivity index is 1.54. The number of anilines is 1. The van der Waals surface area contributed by atoms with E-state index in [1.807, 2.05) is 35.3 Å². The van der Waals surface area contributed by atoms with Crippen LogP contribution in [0.4, 0.5) is 11.4 Å². The standard InChI is InChI=1S/C20H18N4O4/c25-19-16-17(13-5-2-1-3-6-13)21-11-4-12-22(21)18(16)20(26)23(19)14-7-9-15(10-8-14)24(27)28/h1-3,5-10,16-18H,4,11-12H2/t16-,17+,18+/m1/s1. The van der Waals surface area contributed by atoms with E-state index >= 15 is 0 Å². The zero-order valence-electron chi connectivity index (χ0n) is 15.0. The summed E-state index contributed by atoms with van der Waals surface area (Å²) in [5.74, 6) is -0.980. The average molecular weight is 378 g/mol. The quantitative estimate of drug-likeness (QED) is 0.462. The second kappa shape index (κ2) is 6.22. The zero-order chi connectivity index (χ0) is 19.4. The van der Waals surface area contributed by atoms with Gasteiger partial charge in [-0.15, -0.1) is 0 Å². The molecule has 0 unspecified atom stereocenters. The van der Waals surface area contributed by atoms with E-state index in [4.69, 9.17) is 0 Å². The van der Waals surface area contributed by atoms with Crippen molar-refractivity contribution in [1.29, 1.82) is 0 Å². The first kappa shape index (κ1) is 17.0. The molecule has 3 aliphatic heterocycles. The molecule has 0 aromatic heterocycles. The number of nitro groups is 1. The number of nitro benzene ring substituents is 1. The lowest BCUT2D eigenvalue weighted by Crippen LogP contribution is -2.44. The van der Waals surface area contributed by atoms with Gasteiger partial charge < -0.3 is 0 Å². The zero-order valence-corrected chi connectivity index (χ0v) is 15.0. The summed E-state index contributed by atoms with van der Waals surface area (Å²) < 4.78 is 0. The van der Waals surface area contributed by atoms with Gasteiger partial charge in [0.2, 0.25) is 5.91 Å². The second-order valence-electron chi connectivity index (χ2n) is 7.29. The first-order valence-electron chi connectivity index (χ1n) is 9.28. The van der Waals surface area contributed by atoms with Gasteiger partial charge in [-0.05, 0) is 24.1 Å². The Kier molecular flexibility index (Phi) is 3.78. The molecule has 0 bridgehead atoms. The van der Waals surface area contributed by atoms with Crippen molar-refractivity contribution in [2.24, 2.45) is 5.92 Å². The Bertz CT molecular complexity index is 962. The molecular weight excluding hydrogens is 360 g/mol. The number of imide groups is 1. The first-order valence-corrected chi connectivity index (χ1v) is 9.28. The summed E-state index contributed by atoms with van der Waals surface area (Å²) in [6.07, 6.45) is 0.950. The van der Waals surface area contributed by atoms with E-state index in [1.165, 1.54) is 29.2 Å². The van der Waals surface area contributed by atoms with Crippen LogP contribution < -0.4 is 4.90 Å². The van der Waals surface area contributed by atoms with E-state index in [1.54, 1.807) is 0 Å². The van der Waals surface area contributed by atoms with Gasteiger partial charge in [0.05, 0.1) is 22.6 Å². The van der Waals surface area contributed by atoms with Crippen LogP contribution in [0.3, 0.4) is 0 Å². The fraction of sp³-hybridized carbons (Fsp3) is 0.300. The van der Waals surface area contributed by atoms with Gasteiger partial charge in [0.1, 0.15) is 6.04 Å². The van der Waals surface area contributed by atoms with E-state index in [0.717, 1.165) is 25.1 Å². The normalized spacial score (nSPS) is 27.3. The molecule has 3 heterocycles. The van der Waals surface area contributed by atoms with Crippen LogP contribution in [-0.4, -0.2) is 45.9 Å². The lowest BCUT2D eigenvalue weighted by Gasteiger charge is -2.29. The minimum Gasteiger partial charge on any atom is -0.274 e. The van der Waals surface area contributed by atoms with Crippen LogP contribution in [0, 0.1) is 16.0 Å². The van der Waals surface area contributed by atoms with Gasteiger partial charge in [-0.2, -0.15) is 0 Å². The van der Waals surface area contributed by atoms with Crippen LogP contribution in [0.5, 0.6) is 0 Å². The average Bonchev–Trinajstić information content (AvgIpc) is 3.35. The maximum atomic E-state index is 13.3. The molecule has 8 heteroatoms. The highest BCUT2D eigenvalue weighted by Gasteiger charge is 2.62. The second-order valence-corrected chi connectivity index (χ2v) is 7.29. The van der Waals surface area contributed by atoms with Gasteiger partial charge in [-0.3, -0.25) is 19.7 Å². The first-order chi connectivity index (χ1) is 13.6. The lowest BCUT2D eigenvalue weighted by atomic mass is 9.90. The summed E-state index contributed by atoms with van der Waals surface area (Å²) in [5.41, 5.74) is 1.33. The molecule has 3 fully saturated rings. The summed E-state index contributed by atoms with van der Waals surface area (Å²) >= 11 is 0. The highest BCUT2D eigenvalue weighted by atomic mass is 16.6. The van der Waals surface area contributed by atoms with Crippen molar-refractivity contribution in [2.75, 3.05) is 18.0 Å². The number of amides is 2. The maximum absolute atomic E-state index is 13.3. The van der Waals surface area contributed by atoms with Crippen molar-refractivity contribution in [2.45, 2.75) is 18.5 Å². The molecule has 3 atom stereocenters. The van der Waals surface area contributed by atoms with Crippen molar-refractivity contribution in [3.8, 4) is 0 Å². The third kappa shape index (κ3) is 2.31.